The van der Waals surface area contributed by atoms with Gasteiger partial charge in [0.1, 0.15) is 10.9 Å². The van der Waals surface area contributed by atoms with E-state index in [-0.39, 0.29) is 5.91 Å². The number of ether oxygens (including phenoxy) is 2. The second-order valence-electron chi connectivity index (χ2n) is 6.63. The van der Waals surface area contributed by atoms with Gasteiger partial charge in [-0.25, -0.2) is 9.97 Å². The summed E-state index contributed by atoms with van der Waals surface area (Å²) >= 11 is 1.44. The van der Waals surface area contributed by atoms with Gasteiger partial charge >= 0.3 is 0 Å². The molecule has 30 heavy (non-hydrogen) atoms. The van der Waals surface area contributed by atoms with Crippen LogP contribution in [-0.4, -0.2) is 41.4 Å². The van der Waals surface area contributed by atoms with Crippen LogP contribution in [0.4, 0.5) is 0 Å². The zero-order valence-electron chi connectivity index (χ0n) is 17.6. The number of para-hydroxylation sites is 1. The van der Waals surface area contributed by atoms with Crippen molar-refractivity contribution in [3.63, 3.8) is 0 Å². The average Bonchev–Trinajstić information content (AvgIpc) is 2.74. The molecule has 3 aromatic rings. The Kier molecular flexibility index (Phi) is 7.90. The molecule has 0 bridgehead atoms. The van der Waals surface area contributed by atoms with Gasteiger partial charge in [-0.1, -0.05) is 36.0 Å². The summed E-state index contributed by atoms with van der Waals surface area (Å²) in [5.41, 5.74) is 1.99. The Morgan fingerprint density at radius 2 is 1.80 bits per heavy atom. The summed E-state index contributed by atoms with van der Waals surface area (Å²) in [6.45, 7) is 7.49. The number of aryl methyl sites for hydroxylation is 1. The summed E-state index contributed by atoms with van der Waals surface area (Å²) in [6.07, 6.45) is 0.721. The molecule has 0 saturated heterocycles. The van der Waals surface area contributed by atoms with Crippen molar-refractivity contribution in [2.24, 2.45) is 0 Å². The van der Waals surface area contributed by atoms with Crippen LogP contribution in [0.1, 0.15) is 25.2 Å². The van der Waals surface area contributed by atoms with Crippen LogP contribution in [-0.2, 0) is 11.2 Å². The molecule has 0 saturated carbocycles. The fourth-order valence-corrected chi connectivity index (χ4v) is 3.95. The SMILES string of the molecule is CCOc1ccc(CCNC(=O)CSc2nc(C)nc3ccccc23)cc1OCC. The minimum atomic E-state index is -0.0173. The number of amides is 1. The number of nitrogens with zero attached hydrogens (tertiary/aromatic N) is 2. The van der Waals surface area contributed by atoms with E-state index in [4.69, 9.17) is 9.47 Å². The minimum absolute atomic E-state index is 0.0173. The molecule has 0 aliphatic heterocycles. The van der Waals surface area contributed by atoms with Gasteiger partial charge in [0.2, 0.25) is 5.91 Å². The van der Waals surface area contributed by atoms with E-state index in [1.54, 1.807) is 0 Å². The van der Waals surface area contributed by atoms with E-state index in [1.807, 2.05) is 63.2 Å². The van der Waals surface area contributed by atoms with Gasteiger partial charge in [-0.3, -0.25) is 4.79 Å². The predicted octanol–water partition coefficient (Wildman–Crippen LogP) is 4.19. The van der Waals surface area contributed by atoms with Crippen LogP contribution in [0.3, 0.4) is 0 Å². The molecule has 3 rings (SSSR count). The molecule has 158 valence electrons. The number of benzene rings is 2. The summed E-state index contributed by atoms with van der Waals surface area (Å²) in [4.78, 5) is 21.3. The first kappa shape index (κ1) is 21.9. The van der Waals surface area contributed by atoms with Gasteiger partial charge in [0.15, 0.2) is 11.5 Å². The molecular formula is C23H27N3O3S. The molecule has 2 aromatic carbocycles. The molecule has 6 nitrogen and oxygen atoms in total. The highest BCUT2D eigenvalue weighted by Crippen LogP contribution is 2.29. The predicted molar refractivity (Wildman–Crippen MR) is 120 cm³/mol. The molecule has 0 radical (unpaired) electrons. The number of hydrogen-bond acceptors (Lipinski definition) is 6. The lowest BCUT2D eigenvalue weighted by atomic mass is 10.1. The highest BCUT2D eigenvalue weighted by Gasteiger charge is 2.10. The van der Waals surface area contributed by atoms with Crippen LogP contribution < -0.4 is 14.8 Å². The minimum Gasteiger partial charge on any atom is -0.490 e. The van der Waals surface area contributed by atoms with Gasteiger partial charge in [-0.2, -0.15) is 0 Å². The molecule has 0 spiro atoms. The monoisotopic (exact) mass is 425 g/mol. The Morgan fingerprint density at radius 3 is 2.60 bits per heavy atom. The van der Waals surface area contributed by atoms with Crippen LogP contribution in [0.15, 0.2) is 47.5 Å². The van der Waals surface area contributed by atoms with Gasteiger partial charge < -0.3 is 14.8 Å². The summed E-state index contributed by atoms with van der Waals surface area (Å²) in [6, 6.07) is 13.8. The number of thioether (sulfide) groups is 1. The zero-order chi connectivity index (χ0) is 21.3. The Morgan fingerprint density at radius 1 is 1.03 bits per heavy atom. The van der Waals surface area contributed by atoms with Crippen molar-refractivity contribution in [2.75, 3.05) is 25.5 Å². The lowest BCUT2D eigenvalue weighted by Gasteiger charge is -2.12. The molecule has 1 aromatic heterocycles. The average molecular weight is 426 g/mol. The van der Waals surface area contributed by atoms with Gasteiger partial charge in [0.05, 0.1) is 24.5 Å². The number of rotatable bonds is 10. The summed E-state index contributed by atoms with van der Waals surface area (Å²) in [5.74, 6) is 2.49. The van der Waals surface area contributed by atoms with E-state index in [0.29, 0.717) is 31.3 Å². The second kappa shape index (κ2) is 10.8. The first-order valence-corrected chi connectivity index (χ1v) is 11.1. The molecule has 0 atom stereocenters. The lowest BCUT2D eigenvalue weighted by molar-refractivity contribution is -0.118. The topological polar surface area (TPSA) is 73.3 Å². The Labute approximate surface area is 181 Å². The third kappa shape index (κ3) is 5.86. The molecule has 0 aliphatic rings. The molecule has 7 heteroatoms. The number of carbonyl (C=O) groups is 1. The maximum atomic E-state index is 12.3. The number of aromatic nitrogens is 2. The van der Waals surface area contributed by atoms with Gasteiger partial charge in [-0.05, 0) is 51.0 Å². The van der Waals surface area contributed by atoms with Gasteiger partial charge in [0, 0.05) is 11.9 Å². The Hall–Kier alpha value is -2.80. The van der Waals surface area contributed by atoms with Crippen molar-refractivity contribution < 1.29 is 14.3 Å². The Bertz CT molecular complexity index is 1010. The lowest BCUT2D eigenvalue weighted by Crippen LogP contribution is -2.27. The largest absolute Gasteiger partial charge is 0.490 e. The van der Waals surface area contributed by atoms with E-state index >= 15 is 0 Å². The Balaban J connectivity index is 1.53. The van der Waals surface area contributed by atoms with Gasteiger partial charge in [0.25, 0.3) is 0 Å². The molecular weight excluding hydrogens is 398 g/mol. The summed E-state index contributed by atoms with van der Waals surface area (Å²) < 4.78 is 11.3. The van der Waals surface area contributed by atoms with E-state index < -0.39 is 0 Å². The van der Waals surface area contributed by atoms with Crippen molar-refractivity contribution in [1.29, 1.82) is 0 Å². The molecule has 1 amide bonds. The number of fused-ring (bicyclic) bond motifs is 1. The second-order valence-corrected chi connectivity index (χ2v) is 7.59. The van der Waals surface area contributed by atoms with E-state index in [9.17, 15) is 4.79 Å². The van der Waals surface area contributed by atoms with E-state index in [1.165, 1.54) is 11.8 Å². The van der Waals surface area contributed by atoms with Crippen LogP contribution in [0.25, 0.3) is 10.9 Å². The van der Waals surface area contributed by atoms with Gasteiger partial charge in [-0.15, -0.1) is 0 Å². The maximum absolute atomic E-state index is 12.3. The van der Waals surface area contributed by atoms with Crippen LogP contribution in [0.5, 0.6) is 11.5 Å². The van der Waals surface area contributed by atoms with Crippen molar-refractivity contribution in [3.05, 3.63) is 53.9 Å². The molecule has 0 fully saturated rings. The molecule has 1 N–H and O–H groups in total. The summed E-state index contributed by atoms with van der Waals surface area (Å²) in [5, 5.41) is 4.79. The standard InChI is InChI=1S/C23H27N3O3S/c1-4-28-20-11-10-17(14-21(20)29-5-2)12-13-24-22(27)15-30-23-18-8-6-7-9-19(18)25-16(3)26-23/h6-11,14H,4-5,12-13,15H2,1-3H3,(H,24,27). The third-order valence-corrected chi connectivity index (χ3v) is 5.35. The first-order chi connectivity index (χ1) is 14.6. The smallest absolute Gasteiger partial charge is 0.230 e. The maximum Gasteiger partial charge on any atom is 0.230 e. The normalized spacial score (nSPS) is 10.8. The fourth-order valence-electron chi connectivity index (χ4n) is 3.05. The van der Waals surface area contributed by atoms with Crippen molar-refractivity contribution in [1.82, 2.24) is 15.3 Å². The molecule has 1 heterocycles. The van der Waals surface area contributed by atoms with Crippen molar-refractivity contribution in [3.8, 4) is 11.5 Å². The highest BCUT2D eigenvalue weighted by atomic mass is 32.2. The summed E-state index contributed by atoms with van der Waals surface area (Å²) in [7, 11) is 0. The van der Waals surface area contributed by atoms with E-state index in [2.05, 4.69) is 15.3 Å². The highest BCUT2D eigenvalue weighted by molar-refractivity contribution is 8.00. The van der Waals surface area contributed by atoms with E-state index in [0.717, 1.165) is 39.4 Å². The third-order valence-electron chi connectivity index (χ3n) is 4.36. The first-order valence-electron chi connectivity index (χ1n) is 10.1. The number of carbonyl (C=O) groups excluding carboxylic acids is 1. The molecule has 0 aliphatic carbocycles. The number of nitrogens with one attached hydrogen (secondary N) is 1. The zero-order valence-corrected chi connectivity index (χ0v) is 18.4. The van der Waals surface area contributed by atoms with Crippen molar-refractivity contribution >= 4 is 28.6 Å². The fraction of sp³-hybridized carbons (Fsp3) is 0.348. The van der Waals surface area contributed by atoms with Crippen LogP contribution in [0.2, 0.25) is 0 Å². The van der Waals surface area contributed by atoms with Crippen LogP contribution >= 0.6 is 11.8 Å². The molecule has 0 unspecified atom stereocenters. The quantitative estimate of drug-likeness (QED) is 0.388. The van der Waals surface area contributed by atoms with Crippen LogP contribution in [0, 0.1) is 6.92 Å². The van der Waals surface area contributed by atoms with Crippen molar-refractivity contribution in [2.45, 2.75) is 32.2 Å². The number of hydrogen-bond donors (Lipinski definition) is 1.